The maximum Gasteiger partial charge on any atom is 0.414 e. The third-order valence-electron chi connectivity index (χ3n) is 1.89. The van der Waals surface area contributed by atoms with Crippen molar-refractivity contribution in [3.05, 3.63) is 17.6 Å². The fourth-order valence-electron chi connectivity index (χ4n) is 1.26. The number of aromatic nitrogens is 3. The van der Waals surface area contributed by atoms with E-state index in [0.717, 1.165) is 0 Å². The van der Waals surface area contributed by atoms with E-state index in [1.807, 2.05) is 4.90 Å². The maximum atomic E-state index is 11.2. The van der Waals surface area contributed by atoms with Crippen LogP contribution in [0.25, 0.3) is 0 Å². The lowest BCUT2D eigenvalue weighted by molar-refractivity contribution is -0.659. The van der Waals surface area contributed by atoms with E-state index in [1.165, 1.54) is 12.4 Å². The Balaban J connectivity index is 2.18. The van der Waals surface area contributed by atoms with Gasteiger partial charge in [0, 0.05) is 0 Å². The average molecular weight is 182 g/mol. The average Bonchev–Trinajstić information content (AvgIpc) is 2.20. The van der Waals surface area contributed by atoms with Crippen molar-refractivity contribution >= 4 is 5.95 Å². The summed E-state index contributed by atoms with van der Waals surface area (Å²) in [5.74, 6) is 0.353. The lowest BCUT2D eigenvalue weighted by atomic mass is 10.4. The number of hydrogen-bond donors (Lipinski definition) is 0. The molecule has 0 aromatic carbocycles. The molecule has 1 saturated heterocycles. The first-order chi connectivity index (χ1) is 6.38. The van der Waals surface area contributed by atoms with Gasteiger partial charge < -0.3 is 9.94 Å². The minimum Gasteiger partial charge on any atom is -0.722 e. The van der Waals surface area contributed by atoms with Crippen molar-refractivity contribution in [2.75, 3.05) is 31.2 Å². The number of morpholine rings is 1. The van der Waals surface area contributed by atoms with Gasteiger partial charge in [-0.3, -0.25) is 4.90 Å². The van der Waals surface area contributed by atoms with E-state index in [9.17, 15) is 5.21 Å². The molecule has 0 radical (unpaired) electrons. The molecule has 0 N–H and O–H groups in total. The van der Waals surface area contributed by atoms with Gasteiger partial charge in [0.2, 0.25) is 0 Å². The van der Waals surface area contributed by atoms with Crippen LogP contribution in [0.4, 0.5) is 5.95 Å². The van der Waals surface area contributed by atoms with Gasteiger partial charge in [-0.05, 0) is 0 Å². The van der Waals surface area contributed by atoms with Crippen LogP contribution in [0.5, 0.6) is 0 Å². The first-order valence-corrected chi connectivity index (χ1v) is 4.11. The fourth-order valence-corrected chi connectivity index (χ4v) is 1.26. The zero-order valence-electron chi connectivity index (χ0n) is 7.09. The zero-order valence-corrected chi connectivity index (χ0v) is 7.09. The van der Waals surface area contributed by atoms with Crippen molar-refractivity contribution in [1.29, 1.82) is 0 Å². The first-order valence-electron chi connectivity index (χ1n) is 4.11. The normalized spacial score (nSPS) is 17.4. The van der Waals surface area contributed by atoms with Crippen LogP contribution in [0.15, 0.2) is 12.4 Å². The summed E-state index contributed by atoms with van der Waals surface area (Å²) in [4.78, 5) is 6.36. The molecule has 0 saturated carbocycles. The number of anilines is 1. The van der Waals surface area contributed by atoms with Gasteiger partial charge in [-0.15, -0.1) is 9.94 Å². The highest BCUT2D eigenvalue weighted by atomic mass is 16.5. The molecule has 1 aliphatic rings. The molecule has 0 atom stereocenters. The van der Waals surface area contributed by atoms with Gasteiger partial charge in [-0.2, -0.15) is 0 Å². The SMILES string of the molecule is [O-][n+]1nccnc1N1CCOCC1. The van der Waals surface area contributed by atoms with Gasteiger partial charge in [-0.25, -0.2) is 0 Å². The summed E-state index contributed by atoms with van der Waals surface area (Å²) in [6.45, 7) is 2.66. The van der Waals surface area contributed by atoms with E-state index in [1.54, 1.807) is 0 Å². The third-order valence-corrected chi connectivity index (χ3v) is 1.89. The molecule has 70 valence electrons. The van der Waals surface area contributed by atoms with E-state index in [4.69, 9.17) is 4.74 Å². The van der Waals surface area contributed by atoms with Crippen LogP contribution in [0, 0.1) is 5.21 Å². The number of ether oxygens (including phenoxy) is 1. The molecular formula is C7H10N4O2. The molecule has 6 nitrogen and oxygen atoms in total. The maximum absolute atomic E-state index is 11.2. The Kier molecular flexibility index (Phi) is 2.22. The predicted octanol–water partition coefficient (Wildman–Crippen LogP) is -1.05. The highest BCUT2D eigenvalue weighted by Gasteiger charge is 2.21. The van der Waals surface area contributed by atoms with Crippen molar-refractivity contribution in [2.24, 2.45) is 0 Å². The zero-order chi connectivity index (χ0) is 9.10. The van der Waals surface area contributed by atoms with Crippen LogP contribution >= 0.6 is 0 Å². The Labute approximate surface area is 75.3 Å². The van der Waals surface area contributed by atoms with Gasteiger partial charge >= 0.3 is 5.95 Å². The predicted molar refractivity (Wildman–Crippen MR) is 44.0 cm³/mol. The summed E-state index contributed by atoms with van der Waals surface area (Å²) in [6, 6.07) is 0. The summed E-state index contributed by atoms with van der Waals surface area (Å²) in [5, 5.41) is 14.7. The molecule has 1 aromatic heterocycles. The lowest BCUT2D eigenvalue weighted by Crippen LogP contribution is -2.46. The Bertz CT molecular complexity index is 288. The summed E-state index contributed by atoms with van der Waals surface area (Å²) in [6.07, 6.45) is 2.89. The molecule has 2 rings (SSSR count). The molecule has 0 unspecified atom stereocenters. The third kappa shape index (κ3) is 1.67. The van der Waals surface area contributed by atoms with Crippen molar-refractivity contribution in [1.82, 2.24) is 10.1 Å². The molecule has 0 aliphatic carbocycles. The van der Waals surface area contributed by atoms with Crippen LogP contribution in [0.3, 0.4) is 0 Å². The van der Waals surface area contributed by atoms with Crippen molar-refractivity contribution in [3.63, 3.8) is 0 Å². The standard InChI is InChI=1S/C7H10N4O2/c12-11-7(8-1-2-9-11)10-3-5-13-6-4-10/h1-2H,3-6H2. The molecule has 6 heteroatoms. The van der Waals surface area contributed by atoms with Crippen molar-refractivity contribution in [3.8, 4) is 0 Å². The Hall–Kier alpha value is -1.43. The molecular weight excluding hydrogens is 172 g/mol. The Morgan fingerprint density at radius 1 is 1.38 bits per heavy atom. The number of nitrogens with zero attached hydrogens (tertiary/aromatic N) is 4. The molecule has 0 spiro atoms. The highest BCUT2D eigenvalue weighted by Crippen LogP contribution is 2.04. The van der Waals surface area contributed by atoms with E-state index >= 15 is 0 Å². The molecule has 0 bridgehead atoms. The highest BCUT2D eigenvalue weighted by molar-refractivity contribution is 5.22. The number of hydrogen-bond acceptors (Lipinski definition) is 5. The van der Waals surface area contributed by atoms with Crippen LogP contribution in [0.1, 0.15) is 0 Å². The first kappa shape index (κ1) is 8.18. The van der Waals surface area contributed by atoms with Gasteiger partial charge in [0.1, 0.15) is 6.20 Å². The smallest absolute Gasteiger partial charge is 0.414 e. The lowest BCUT2D eigenvalue weighted by Gasteiger charge is -2.22. The molecule has 13 heavy (non-hydrogen) atoms. The van der Waals surface area contributed by atoms with Crippen LogP contribution in [0.2, 0.25) is 0 Å². The van der Waals surface area contributed by atoms with Gasteiger partial charge in [-0.1, -0.05) is 4.98 Å². The van der Waals surface area contributed by atoms with E-state index in [0.29, 0.717) is 37.1 Å². The molecule has 1 fully saturated rings. The van der Waals surface area contributed by atoms with Gasteiger partial charge in [0.15, 0.2) is 0 Å². The second kappa shape index (κ2) is 3.53. The Morgan fingerprint density at radius 2 is 2.15 bits per heavy atom. The fraction of sp³-hybridized carbons (Fsp3) is 0.571. The number of rotatable bonds is 1. The summed E-state index contributed by atoms with van der Waals surface area (Å²) < 4.78 is 5.16. The molecule has 0 amide bonds. The van der Waals surface area contributed by atoms with Crippen LogP contribution in [-0.4, -0.2) is 36.4 Å². The summed E-state index contributed by atoms with van der Waals surface area (Å²) in [5.41, 5.74) is 0. The Morgan fingerprint density at radius 3 is 2.85 bits per heavy atom. The van der Waals surface area contributed by atoms with E-state index in [-0.39, 0.29) is 0 Å². The molecule has 1 aromatic rings. The molecule has 1 aliphatic heterocycles. The van der Waals surface area contributed by atoms with Crippen LogP contribution in [-0.2, 0) is 4.74 Å². The van der Waals surface area contributed by atoms with E-state index < -0.39 is 0 Å². The second-order valence-electron chi connectivity index (χ2n) is 2.72. The minimum atomic E-state index is 0.353. The monoisotopic (exact) mass is 182 g/mol. The minimum absolute atomic E-state index is 0.353. The van der Waals surface area contributed by atoms with Crippen molar-refractivity contribution in [2.45, 2.75) is 0 Å². The largest absolute Gasteiger partial charge is 0.722 e. The second-order valence-corrected chi connectivity index (χ2v) is 2.72. The van der Waals surface area contributed by atoms with E-state index in [2.05, 4.69) is 10.1 Å². The summed E-state index contributed by atoms with van der Waals surface area (Å²) >= 11 is 0. The quantitative estimate of drug-likeness (QED) is 0.409. The topological polar surface area (TPSA) is 65.2 Å². The van der Waals surface area contributed by atoms with Crippen molar-refractivity contribution < 1.29 is 9.58 Å². The summed E-state index contributed by atoms with van der Waals surface area (Å²) in [7, 11) is 0. The van der Waals surface area contributed by atoms with Crippen LogP contribution < -0.4 is 9.75 Å². The van der Waals surface area contributed by atoms with Gasteiger partial charge in [0.05, 0.1) is 32.5 Å². The van der Waals surface area contributed by atoms with Gasteiger partial charge in [0.25, 0.3) is 0 Å². The molecule has 2 heterocycles.